The highest BCUT2D eigenvalue weighted by Crippen LogP contribution is 2.25. The molecule has 3 nitrogen and oxygen atoms in total. The fourth-order valence-electron chi connectivity index (χ4n) is 1.97. The molecule has 3 heteroatoms. The van der Waals surface area contributed by atoms with E-state index in [1.165, 1.54) is 0 Å². The number of phenols is 1. The van der Waals surface area contributed by atoms with E-state index in [4.69, 9.17) is 0 Å². The van der Waals surface area contributed by atoms with Gasteiger partial charge in [0.25, 0.3) is 5.91 Å². The van der Waals surface area contributed by atoms with Gasteiger partial charge in [-0.1, -0.05) is 24.3 Å². The van der Waals surface area contributed by atoms with E-state index in [0.29, 0.717) is 11.1 Å². The maximum Gasteiger partial charge on any atom is 0.261 e. The second-order valence-electron chi connectivity index (χ2n) is 4.67. The predicted molar refractivity (Wildman–Crippen MR) is 76.8 cm³/mol. The number of aromatic hydroxyl groups is 1. The lowest BCUT2D eigenvalue weighted by Crippen LogP contribution is -2.26. The van der Waals surface area contributed by atoms with Crippen LogP contribution in [0.15, 0.2) is 42.5 Å². The molecule has 0 unspecified atom stereocenters. The number of amides is 1. The van der Waals surface area contributed by atoms with E-state index in [1.807, 2.05) is 31.2 Å². The summed E-state index contributed by atoms with van der Waals surface area (Å²) in [5.41, 5.74) is 2.92. The Hall–Kier alpha value is -2.29. The number of benzene rings is 2. The van der Waals surface area contributed by atoms with Crippen LogP contribution in [-0.2, 0) is 0 Å². The van der Waals surface area contributed by atoms with Crippen LogP contribution in [0, 0.1) is 13.8 Å². The van der Waals surface area contributed by atoms with E-state index in [-0.39, 0.29) is 11.7 Å². The molecular weight excluding hydrogens is 238 g/mol. The second kappa shape index (κ2) is 5.14. The van der Waals surface area contributed by atoms with Gasteiger partial charge in [0, 0.05) is 12.7 Å². The Morgan fingerprint density at radius 2 is 1.79 bits per heavy atom. The number of hydrogen-bond acceptors (Lipinski definition) is 2. The normalized spacial score (nSPS) is 10.3. The number of carbonyl (C=O) groups excluding carboxylic acids is 1. The van der Waals surface area contributed by atoms with Crippen molar-refractivity contribution < 1.29 is 9.90 Å². The van der Waals surface area contributed by atoms with Crippen LogP contribution in [0.3, 0.4) is 0 Å². The third-order valence-corrected chi connectivity index (χ3v) is 3.16. The number of anilines is 1. The summed E-state index contributed by atoms with van der Waals surface area (Å²) in [5, 5.41) is 9.97. The molecule has 0 aliphatic heterocycles. The molecule has 0 atom stereocenters. The lowest BCUT2D eigenvalue weighted by Gasteiger charge is -2.19. The van der Waals surface area contributed by atoms with Gasteiger partial charge in [0.1, 0.15) is 5.75 Å². The molecule has 0 bridgehead atoms. The molecule has 2 aromatic carbocycles. The Morgan fingerprint density at radius 1 is 1.11 bits per heavy atom. The number of nitrogens with zero attached hydrogens (tertiary/aromatic N) is 1. The van der Waals surface area contributed by atoms with Gasteiger partial charge in [-0.15, -0.1) is 0 Å². The smallest absolute Gasteiger partial charge is 0.261 e. The maximum absolute atomic E-state index is 12.4. The van der Waals surface area contributed by atoms with Crippen molar-refractivity contribution in [3.05, 3.63) is 59.2 Å². The molecule has 0 radical (unpaired) electrons. The molecule has 1 amide bonds. The fourth-order valence-corrected chi connectivity index (χ4v) is 1.97. The zero-order chi connectivity index (χ0) is 14.0. The summed E-state index contributed by atoms with van der Waals surface area (Å²) < 4.78 is 0. The van der Waals surface area contributed by atoms with Gasteiger partial charge < -0.3 is 10.0 Å². The summed E-state index contributed by atoms with van der Waals surface area (Å²) in [7, 11) is 1.71. The lowest BCUT2D eigenvalue weighted by molar-refractivity contribution is 0.0990. The van der Waals surface area contributed by atoms with Gasteiger partial charge in [0.15, 0.2) is 0 Å². The average molecular weight is 255 g/mol. The maximum atomic E-state index is 12.4. The van der Waals surface area contributed by atoms with Crippen molar-refractivity contribution in [2.75, 3.05) is 11.9 Å². The van der Waals surface area contributed by atoms with Gasteiger partial charge in [-0.2, -0.15) is 0 Å². The summed E-state index contributed by atoms with van der Waals surface area (Å²) in [6.07, 6.45) is 0. The number of rotatable bonds is 2. The van der Waals surface area contributed by atoms with Gasteiger partial charge in [-0.05, 0) is 43.2 Å². The lowest BCUT2D eigenvalue weighted by atomic mass is 10.1. The molecule has 0 saturated carbocycles. The van der Waals surface area contributed by atoms with Crippen molar-refractivity contribution in [2.24, 2.45) is 0 Å². The minimum atomic E-state index is -0.216. The third-order valence-electron chi connectivity index (χ3n) is 3.16. The van der Waals surface area contributed by atoms with Crippen LogP contribution in [0.1, 0.15) is 21.5 Å². The molecule has 0 aliphatic rings. The van der Waals surface area contributed by atoms with Crippen LogP contribution in [0.2, 0.25) is 0 Å². The molecule has 2 rings (SSSR count). The van der Waals surface area contributed by atoms with Crippen LogP contribution in [0.5, 0.6) is 5.75 Å². The first kappa shape index (κ1) is 13.1. The number of carbonyl (C=O) groups is 1. The Kier molecular flexibility index (Phi) is 3.56. The molecule has 0 aromatic heterocycles. The fraction of sp³-hybridized carbons (Fsp3) is 0.188. The first-order valence-electron chi connectivity index (χ1n) is 6.14. The van der Waals surface area contributed by atoms with Crippen LogP contribution < -0.4 is 4.90 Å². The number of phenolic OH excluding ortho intramolecular Hbond substituents is 1. The van der Waals surface area contributed by atoms with Gasteiger partial charge in [-0.3, -0.25) is 4.79 Å². The molecule has 0 fully saturated rings. The topological polar surface area (TPSA) is 40.5 Å². The minimum absolute atomic E-state index is 0.0482. The molecule has 0 spiro atoms. The number of aryl methyl sites for hydroxylation is 2. The minimum Gasteiger partial charge on any atom is -0.507 e. The largest absolute Gasteiger partial charge is 0.507 e. The quantitative estimate of drug-likeness (QED) is 0.894. The highest BCUT2D eigenvalue weighted by atomic mass is 16.3. The summed E-state index contributed by atoms with van der Waals surface area (Å²) in [5.74, 6) is -0.168. The van der Waals surface area contributed by atoms with Crippen molar-refractivity contribution >= 4 is 11.6 Å². The number of hydrogen-bond donors (Lipinski definition) is 1. The average Bonchev–Trinajstić information content (AvgIpc) is 2.40. The van der Waals surface area contributed by atoms with E-state index >= 15 is 0 Å². The molecule has 19 heavy (non-hydrogen) atoms. The zero-order valence-corrected chi connectivity index (χ0v) is 11.3. The summed E-state index contributed by atoms with van der Waals surface area (Å²) >= 11 is 0. The molecule has 1 N–H and O–H groups in total. The van der Waals surface area contributed by atoms with Crippen molar-refractivity contribution in [2.45, 2.75) is 13.8 Å². The first-order valence-corrected chi connectivity index (χ1v) is 6.14. The van der Waals surface area contributed by atoms with E-state index in [1.54, 1.807) is 37.1 Å². The Labute approximate surface area is 113 Å². The molecule has 0 heterocycles. The summed E-state index contributed by atoms with van der Waals surface area (Å²) in [4.78, 5) is 13.9. The Bertz CT molecular complexity index is 620. The summed E-state index contributed by atoms with van der Waals surface area (Å²) in [6.45, 7) is 3.75. The van der Waals surface area contributed by atoms with Gasteiger partial charge in [0.05, 0.1) is 5.56 Å². The van der Waals surface area contributed by atoms with Gasteiger partial charge >= 0.3 is 0 Å². The molecular formula is C16H17NO2. The highest BCUT2D eigenvalue weighted by molar-refractivity contribution is 6.07. The van der Waals surface area contributed by atoms with Gasteiger partial charge in [-0.25, -0.2) is 0 Å². The second-order valence-corrected chi connectivity index (χ2v) is 4.67. The molecule has 0 aliphatic carbocycles. The van der Waals surface area contributed by atoms with Crippen molar-refractivity contribution in [3.63, 3.8) is 0 Å². The summed E-state index contributed by atoms with van der Waals surface area (Å²) in [6, 6.07) is 12.9. The van der Waals surface area contributed by atoms with Crippen molar-refractivity contribution in [1.82, 2.24) is 0 Å². The van der Waals surface area contributed by atoms with E-state index < -0.39 is 0 Å². The SMILES string of the molecule is Cc1cccc(N(C)C(=O)c2cccc(C)c2O)c1. The van der Waals surface area contributed by atoms with Crippen LogP contribution in [0.25, 0.3) is 0 Å². The zero-order valence-electron chi connectivity index (χ0n) is 11.3. The highest BCUT2D eigenvalue weighted by Gasteiger charge is 2.17. The van der Waals surface area contributed by atoms with Crippen LogP contribution in [0.4, 0.5) is 5.69 Å². The number of para-hydroxylation sites is 1. The van der Waals surface area contributed by atoms with Gasteiger partial charge in [0.2, 0.25) is 0 Å². The Balaban J connectivity index is 2.36. The predicted octanol–water partition coefficient (Wildman–Crippen LogP) is 3.29. The van der Waals surface area contributed by atoms with Crippen molar-refractivity contribution in [1.29, 1.82) is 0 Å². The first-order chi connectivity index (χ1) is 9.00. The molecule has 2 aromatic rings. The van der Waals surface area contributed by atoms with Crippen molar-refractivity contribution in [3.8, 4) is 5.75 Å². The third kappa shape index (κ3) is 2.60. The monoisotopic (exact) mass is 255 g/mol. The van der Waals surface area contributed by atoms with Crippen LogP contribution in [-0.4, -0.2) is 18.1 Å². The standard InChI is InChI=1S/C16H17NO2/c1-11-6-4-8-13(10-11)17(3)16(19)14-9-5-7-12(2)15(14)18/h4-10,18H,1-3H3. The van der Waals surface area contributed by atoms with E-state index in [2.05, 4.69) is 0 Å². The molecule has 0 saturated heterocycles. The molecule has 98 valence electrons. The van der Waals surface area contributed by atoms with Crippen LogP contribution >= 0.6 is 0 Å². The van der Waals surface area contributed by atoms with E-state index in [9.17, 15) is 9.90 Å². The Morgan fingerprint density at radius 3 is 2.47 bits per heavy atom. The van der Waals surface area contributed by atoms with E-state index in [0.717, 1.165) is 11.3 Å².